The zero-order chi connectivity index (χ0) is 27.7. The summed E-state index contributed by atoms with van der Waals surface area (Å²) in [6, 6.07) is 23.0. The number of likely N-dealkylation sites (tertiary alicyclic amines) is 1. The zero-order valence-corrected chi connectivity index (χ0v) is 22.3. The van der Waals surface area contributed by atoms with Crippen molar-refractivity contribution >= 4 is 17.7 Å². The number of rotatable bonds is 7. The van der Waals surface area contributed by atoms with Crippen LogP contribution in [0.2, 0.25) is 0 Å². The van der Waals surface area contributed by atoms with Crippen LogP contribution in [-0.4, -0.2) is 51.8 Å². The van der Waals surface area contributed by atoms with E-state index in [-0.39, 0.29) is 24.8 Å². The van der Waals surface area contributed by atoms with Crippen LogP contribution in [-0.2, 0) is 34.9 Å². The molecule has 3 aromatic carbocycles. The largest absolute Gasteiger partial charge is 0.489 e. The predicted octanol–water partition coefficient (Wildman–Crippen LogP) is 3.51. The summed E-state index contributed by atoms with van der Waals surface area (Å²) in [7, 11) is 0. The monoisotopic (exact) mass is 539 g/mol. The van der Waals surface area contributed by atoms with Crippen LogP contribution in [0.5, 0.6) is 5.75 Å². The average molecular weight is 540 g/mol. The molecule has 0 radical (unpaired) electrons. The first-order valence-electron chi connectivity index (χ1n) is 13.9. The molecule has 0 spiro atoms. The first-order valence-corrected chi connectivity index (χ1v) is 13.9. The van der Waals surface area contributed by atoms with Crippen molar-refractivity contribution in [1.29, 1.82) is 0 Å². The molecule has 8 heteroatoms. The maximum Gasteiger partial charge on any atom is 0.255 e. The van der Waals surface area contributed by atoms with Crippen molar-refractivity contribution in [2.45, 2.75) is 57.0 Å². The second-order valence-corrected chi connectivity index (χ2v) is 11.0. The number of ether oxygens (including phenoxy) is 1. The maximum absolute atomic E-state index is 13.0. The fourth-order valence-electron chi connectivity index (χ4n) is 5.97. The number of carbonyl (C=O) groups is 3. The van der Waals surface area contributed by atoms with Gasteiger partial charge in [0.05, 0.1) is 12.1 Å². The number of benzene rings is 3. The summed E-state index contributed by atoms with van der Waals surface area (Å²) in [5, 5.41) is 13.4. The molecule has 1 unspecified atom stereocenters. The Morgan fingerprint density at radius 1 is 0.900 bits per heavy atom. The zero-order valence-electron chi connectivity index (χ0n) is 22.3. The first kappa shape index (κ1) is 26.2. The molecule has 3 amide bonds. The number of imide groups is 1. The maximum atomic E-state index is 13.0. The minimum absolute atomic E-state index is 0.209. The number of nitrogens with zero attached hydrogens (tertiary/aromatic N) is 2. The van der Waals surface area contributed by atoms with E-state index in [4.69, 9.17) is 4.74 Å². The Bertz CT molecular complexity index is 1410. The van der Waals surface area contributed by atoms with Crippen molar-refractivity contribution in [1.82, 2.24) is 15.1 Å². The van der Waals surface area contributed by atoms with Crippen LogP contribution < -0.4 is 10.1 Å². The number of fused-ring (bicyclic) bond motifs is 1. The van der Waals surface area contributed by atoms with E-state index in [2.05, 4.69) is 34.5 Å². The summed E-state index contributed by atoms with van der Waals surface area (Å²) in [5.41, 5.74) is 3.79. The van der Waals surface area contributed by atoms with Gasteiger partial charge in [-0.2, -0.15) is 0 Å². The quantitative estimate of drug-likeness (QED) is 0.446. The fourth-order valence-corrected chi connectivity index (χ4v) is 5.97. The van der Waals surface area contributed by atoms with Gasteiger partial charge >= 0.3 is 0 Å². The third-order valence-electron chi connectivity index (χ3n) is 8.36. The van der Waals surface area contributed by atoms with Gasteiger partial charge in [-0.1, -0.05) is 60.7 Å². The molecule has 3 aliphatic heterocycles. The van der Waals surface area contributed by atoms with Crippen LogP contribution >= 0.6 is 0 Å². The number of hydrogen-bond acceptors (Lipinski definition) is 6. The van der Waals surface area contributed by atoms with Crippen LogP contribution in [0, 0.1) is 0 Å². The van der Waals surface area contributed by atoms with Gasteiger partial charge in [0.1, 0.15) is 18.4 Å². The van der Waals surface area contributed by atoms with Gasteiger partial charge in [-0.05, 0) is 48.1 Å². The number of nitrogens with one attached hydrogen (secondary N) is 1. The van der Waals surface area contributed by atoms with Crippen molar-refractivity contribution in [3.05, 3.63) is 101 Å². The van der Waals surface area contributed by atoms with Gasteiger partial charge in [-0.15, -0.1) is 0 Å². The highest BCUT2D eigenvalue weighted by atomic mass is 16.5. The molecule has 2 N–H and O–H groups in total. The van der Waals surface area contributed by atoms with E-state index in [1.165, 1.54) is 10.5 Å². The molecule has 0 saturated carbocycles. The molecular weight excluding hydrogens is 506 g/mol. The minimum Gasteiger partial charge on any atom is -0.489 e. The number of aliphatic hydroxyl groups is 1. The Morgan fingerprint density at radius 2 is 1.62 bits per heavy atom. The SMILES string of the molecule is O=C1CCC(N2Cc3c(OCc4ccc(CN5CCC(O)(c6ccccc6)CC5)cc4)cccc3C2=O)C(=O)N1. The van der Waals surface area contributed by atoms with E-state index in [9.17, 15) is 19.5 Å². The van der Waals surface area contributed by atoms with Crippen molar-refractivity contribution in [2.24, 2.45) is 0 Å². The normalized spacial score (nSPS) is 20.8. The highest BCUT2D eigenvalue weighted by Crippen LogP contribution is 2.35. The molecule has 2 fully saturated rings. The smallest absolute Gasteiger partial charge is 0.255 e. The highest BCUT2D eigenvalue weighted by Gasteiger charge is 2.40. The molecule has 3 aromatic rings. The summed E-state index contributed by atoms with van der Waals surface area (Å²) in [6.45, 7) is 3.15. The molecule has 0 aliphatic carbocycles. The Labute approximate surface area is 233 Å². The van der Waals surface area contributed by atoms with Crippen LogP contribution in [0.3, 0.4) is 0 Å². The minimum atomic E-state index is -0.750. The Kier molecular flexibility index (Phi) is 7.12. The molecule has 40 heavy (non-hydrogen) atoms. The summed E-state index contributed by atoms with van der Waals surface area (Å²) < 4.78 is 6.15. The van der Waals surface area contributed by atoms with Gasteiger partial charge in [0.2, 0.25) is 11.8 Å². The standard InChI is InChI=1S/C32H33N3O5/c36-29-14-13-27(30(37)33-29)35-20-26-25(31(35)38)7-4-8-28(26)40-21-23-11-9-22(10-12-23)19-34-17-15-32(39,16-18-34)24-5-2-1-3-6-24/h1-12,27,39H,13-21H2,(H,33,36,37). The van der Waals surface area contributed by atoms with Crippen LogP contribution in [0.4, 0.5) is 0 Å². The van der Waals surface area contributed by atoms with Gasteiger partial charge in [-0.25, -0.2) is 0 Å². The lowest BCUT2D eigenvalue weighted by Gasteiger charge is -2.38. The third-order valence-corrected chi connectivity index (χ3v) is 8.36. The predicted molar refractivity (Wildman–Crippen MR) is 148 cm³/mol. The summed E-state index contributed by atoms with van der Waals surface area (Å²) in [6.07, 6.45) is 1.99. The van der Waals surface area contributed by atoms with Gasteiger partial charge in [0.25, 0.3) is 5.91 Å². The molecule has 206 valence electrons. The average Bonchev–Trinajstić information content (AvgIpc) is 3.31. The lowest BCUT2D eigenvalue weighted by molar-refractivity contribution is -0.136. The summed E-state index contributed by atoms with van der Waals surface area (Å²) in [4.78, 5) is 40.8. The summed E-state index contributed by atoms with van der Waals surface area (Å²) >= 11 is 0. The van der Waals surface area contributed by atoms with E-state index in [1.54, 1.807) is 12.1 Å². The number of amides is 3. The molecule has 2 saturated heterocycles. The van der Waals surface area contributed by atoms with E-state index >= 15 is 0 Å². The third kappa shape index (κ3) is 5.24. The molecule has 3 heterocycles. The Hall–Kier alpha value is -4.01. The van der Waals surface area contributed by atoms with Gasteiger partial charge in [0, 0.05) is 37.2 Å². The molecule has 8 nitrogen and oxygen atoms in total. The van der Waals surface area contributed by atoms with Crippen molar-refractivity contribution in [3.63, 3.8) is 0 Å². The molecule has 6 rings (SSSR count). The first-order chi connectivity index (χ1) is 19.4. The number of hydrogen-bond donors (Lipinski definition) is 2. The molecule has 3 aliphatic rings. The highest BCUT2D eigenvalue weighted by molar-refractivity contribution is 6.05. The van der Waals surface area contributed by atoms with Crippen molar-refractivity contribution < 1.29 is 24.2 Å². The summed E-state index contributed by atoms with van der Waals surface area (Å²) in [5.74, 6) is -0.300. The topological polar surface area (TPSA) is 99.2 Å². The Balaban J connectivity index is 1.04. The van der Waals surface area contributed by atoms with Crippen LogP contribution in [0.1, 0.15) is 58.3 Å². The van der Waals surface area contributed by atoms with E-state index in [0.29, 0.717) is 37.2 Å². The van der Waals surface area contributed by atoms with Crippen LogP contribution in [0.25, 0.3) is 0 Å². The second kappa shape index (κ2) is 10.9. The Morgan fingerprint density at radius 3 is 2.35 bits per heavy atom. The van der Waals surface area contributed by atoms with Crippen molar-refractivity contribution in [2.75, 3.05) is 13.1 Å². The lowest BCUT2D eigenvalue weighted by atomic mass is 9.84. The van der Waals surface area contributed by atoms with E-state index < -0.39 is 17.6 Å². The molecular formula is C32H33N3O5. The lowest BCUT2D eigenvalue weighted by Crippen LogP contribution is -2.52. The fraction of sp³-hybridized carbons (Fsp3) is 0.344. The van der Waals surface area contributed by atoms with E-state index in [1.807, 2.05) is 36.4 Å². The van der Waals surface area contributed by atoms with Gasteiger partial charge < -0.3 is 14.7 Å². The number of carbonyl (C=O) groups excluding carboxylic acids is 3. The van der Waals surface area contributed by atoms with Gasteiger partial charge in [-0.3, -0.25) is 24.6 Å². The molecule has 0 aromatic heterocycles. The van der Waals surface area contributed by atoms with Gasteiger partial charge in [0.15, 0.2) is 0 Å². The second-order valence-electron chi connectivity index (χ2n) is 11.0. The van der Waals surface area contributed by atoms with Crippen molar-refractivity contribution in [3.8, 4) is 5.75 Å². The number of piperidine rings is 2. The molecule has 0 bridgehead atoms. The van der Waals surface area contributed by atoms with E-state index in [0.717, 1.165) is 36.3 Å². The molecule has 1 atom stereocenters. The van der Waals surface area contributed by atoms with Crippen LogP contribution in [0.15, 0.2) is 72.8 Å².